The first-order chi connectivity index (χ1) is 7.26. The van der Waals surface area contributed by atoms with Crippen LogP contribution < -0.4 is 4.74 Å². The van der Waals surface area contributed by atoms with Crippen LogP contribution in [0.3, 0.4) is 0 Å². The Balaban J connectivity index is 2.44. The maximum Gasteiger partial charge on any atom is 0.342 e. The molecule has 0 amide bonds. The Morgan fingerprint density at radius 3 is 3.07 bits per heavy atom. The van der Waals surface area contributed by atoms with Crippen LogP contribution in [0, 0.1) is 0 Å². The lowest BCUT2D eigenvalue weighted by atomic mass is 9.98. The van der Waals surface area contributed by atoms with E-state index >= 15 is 0 Å². The topological polar surface area (TPSA) is 55.8 Å². The average Bonchev–Trinajstić information content (AvgIpc) is 2.27. The van der Waals surface area contributed by atoms with Gasteiger partial charge >= 0.3 is 5.97 Å². The molecule has 80 valence electrons. The highest BCUT2D eigenvalue weighted by atomic mass is 16.6. The van der Waals surface area contributed by atoms with Crippen LogP contribution in [-0.2, 0) is 11.2 Å². The monoisotopic (exact) mass is 208 g/mol. The fourth-order valence-electron chi connectivity index (χ4n) is 1.75. The first-order valence-corrected chi connectivity index (χ1v) is 4.74. The van der Waals surface area contributed by atoms with Gasteiger partial charge in [-0.15, -0.1) is 0 Å². The summed E-state index contributed by atoms with van der Waals surface area (Å²) in [5.74, 6) is 0.0987. The predicted octanol–water partition coefficient (Wildman–Crippen LogP) is 0.769. The molecule has 1 aromatic rings. The normalized spacial score (nSPS) is 19.3. The summed E-state index contributed by atoms with van der Waals surface area (Å²) in [4.78, 5) is 11.6. The second kappa shape index (κ2) is 3.90. The number of aliphatic hydroxyl groups is 1. The lowest BCUT2D eigenvalue weighted by Gasteiger charge is -2.24. The van der Waals surface area contributed by atoms with E-state index in [1.807, 2.05) is 12.1 Å². The van der Waals surface area contributed by atoms with Crippen LogP contribution in [0.2, 0.25) is 0 Å². The molecule has 1 aliphatic heterocycles. The molecule has 0 saturated heterocycles. The van der Waals surface area contributed by atoms with Gasteiger partial charge in [-0.3, -0.25) is 0 Å². The standard InChI is InChI=1S/C11H12O4/c1-14-9-4-2-3-7-5-8(6-12)15-11(13)10(7)9/h2-4,8,12H,5-6H2,1H3/t8-/m1/s1. The summed E-state index contributed by atoms with van der Waals surface area (Å²) in [6.45, 7) is -0.150. The minimum Gasteiger partial charge on any atom is -0.496 e. The minimum atomic E-state index is -0.433. The maximum absolute atomic E-state index is 11.6. The summed E-state index contributed by atoms with van der Waals surface area (Å²) in [6.07, 6.45) is 0.103. The van der Waals surface area contributed by atoms with Gasteiger partial charge in [0.25, 0.3) is 0 Å². The average molecular weight is 208 g/mol. The Kier molecular flexibility index (Phi) is 2.60. The van der Waals surface area contributed by atoms with E-state index in [0.717, 1.165) is 5.56 Å². The highest BCUT2D eigenvalue weighted by molar-refractivity contribution is 5.95. The molecule has 2 rings (SSSR count). The SMILES string of the molecule is COc1cccc2c1C(=O)O[C@@H](CO)C2. The van der Waals surface area contributed by atoms with Crippen molar-refractivity contribution in [2.24, 2.45) is 0 Å². The van der Waals surface area contributed by atoms with Crippen molar-refractivity contribution in [3.63, 3.8) is 0 Å². The molecule has 1 heterocycles. The van der Waals surface area contributed by atoms with Crippen molar-refractivity contribution >= 4 is 5.97 Å². The number of cyclic esters (lactones) is 1. The Bertz CT molecular complexity index is 386. The van der Waals surface area contributed by atoms with Crippen LogP contribution in [-0.4, -0.2) is 30.9 Å². The van der Waals surface area contributed by atoms with E-state index in [1.165, 1.54) is 7.11 Å². The fourth-order valence-corrected chi connectivity index (χ4v) is 1.75. The predicted molar refractivity (Wildman–Crippen MR) is 53.0 cm³/mol. The number of fused-ring (bicyclic) bond motifs is 1. The number of hydrogen-bond donors (Lipinski definition) is 1. The quantitative estimate of drug-likeness (QED) is 0.729. The van der Waals surface area contributed by atoms with Gasteiger partial charge in [-0.1, -0.05) is 12.1 Å². The number of hydrogen-bond acceptors (Lipinski definition) is 4. The summed E-state index contributed by atoms with van der Waals surface area (Å²) in [7, 11) is 1.51. The first kappa shape index (κ1) is 9.98. The molecule has 0 radical (unpaired) electrons. The Morgan fingerprint density at radius 2 is 2.40 bits per heavy atom. The van der Waals surface area contributed by atoms with Crippen molar-refractivity contribution in [2.75, 3.05) is 13.7 Å². The number of esters is 1. The summed E-state index contributed by atoms with van der Waals surface area (Å²) < 4.78 is 10.1. The molecule has 1 aromatic carbocycles. The molecular formula is C11H12O4. The van der Waals surface area contributed by atoms with Gasteiger partial charge in [0.2, 0.25) is 0 Å². The van der Waals surface area contributed by atoms with Crippen LogP contribution in [0.15, 0.2) is 18.2 Å². The maximum atomic E-state index is 11.6. The van der Waals surface area contributed by atoms with E-state index in [1.54, 1.807) is 6.07 Å². The van der Waals surface area contributed by atoms with Gasteiger partial charge in [0.05, 0.1) is 13.7 Å². The van der Waals surface area contributed by atoms with Crippen LogP contribution in [0.1, 0.15) is 15.9 Å². The Hall–Kier alpha value is -1.55. The van der Waals surface area contributed by atoms with Crippen molar-refractivity contribution in [2.45, 2.75) is 12.5 Å². The van der Waals surface area contributed by atoms with Gasteiger partial charge in [0.15, 0.2) is 0 Å². The zero-order chi connectivity index (χ0) is 10.8. The molecule has 4 heteroatoms. The van der Waals surface area contributed by atoms with E-state index in [2.05, 4.69) is 0 Å². The lowest BCUT2D eigenvalue weighted by molar-refractivity contribution is 0.00897. The molecule has 0 fully saturated rings. The summed E-state index contributed by atoms with van der Waals surface area (Å²) in [6, 6.07) is 5.39. The molecule has 1 N–H and O–H groups in total. The minimum absolute atomic E-state index is 0.150. The van der Waals surface area contributed by atoms with Gasteiger partial charge < -0.3 is 14.6 Å². The third-order valence-electron chi connectivity index (χ3n) is 2.46. The van der Waals surface area contributed by atoms with Crippen LogP contribution in [0.25, 0.3) is 0 Å². The Labute approximate surface area is 87.4 Å². The van der Waals surface area contributed by atoms with Crippen molar-refractivity contribution in [1.29, 1.82) is 0 Å². The Morgan fingerprint density at radius 1 is 1.60 bits per heavy atom. The van der Waals surface area contributed by atoms with Crippen molar-refractivity contribution < 1.29 is 19.4 Å². The van der Waals surface area contributed by atoms with Gasteiger partial charge in [0, 0.05) is 6.42 Å². The molecule has 0 spiro atoms. The molecule has 4 nitrogen and oxygen atoms in total. The van der Waals surface area contributed by atoms with Crippen LogP contribution in [0.4, 0.5) is 0 Å². The van der Waals surface area contributed by atoms with E-state index in [-0.39, 0.29) is 6.61 Å². The lowest BCUT2D eigenvalue weighted by Crippen LogP contribution is -2.30. The molecular weight excluding hydrogens is 196 g/mol. The van der Waals surface area contributed by atoms with Crippen molar-refractivity contribution in [3.8, 4) is 5.75 Å². The molecule has 0 unspecified atom stereocenters. The number of aliphatic hydroxyl groups excluding tert-OH is 1. The fraction of sp³-hybridized carbons (Fsp3) is 0.364. The van der Waals surface area contributed by atoms with Gasteiger partial charge in [-0.2, -0.15) is 0 Å². The molecule has 1 atom stereocenters. The van der Waals surface area contributed by atoms with E-state index < -0.39 is 12.1 Å². The third kappa shape index (κ3) is 1.68. The third-order valence-corrected chi connectivity index (χ3v) is 2.46. The zero-order valence-corrected chi connectivity index (χ0v) is 8.40. The number of ether oxygens (including phenoxy) is 2. The highest BCUT2D eigenvalue weighted by Gasteiger charge is 2.28. The number of methoxy groups -OCH3 is 1. The summed E-state index contributed by atoms with van der Waals surface area (Å²) in [5.41, 5.74) is 1.34. The number of carbonyl (C=O) groups excluding carboxylic acids is 1. The highest BCUT2D eigenvalue weighted by Crippen LogP contribution is 2.28. The summed E-state index contributed by atoms with van der Waals surface area (Å²) >= 11 is 0. The number of benzene rings is 1. The molecule has 1 aliphatic rings. The first-order valence-electron chi connectivity index (χ1n) is 4.74. The molecule has 15 heavy (non-hydrogen) atoms. The number of carbonyl (C=O) groups is 1. The second-order valence-electron chi connectivity index (χ2n) is 3.41. The van der Waals surface area contributed by atoms with Gasteiger partial charge in [-0.05, 0) is 11.6 Å². The molecule has 0 aliphatic carbocycles. The van der Waals surface area contributed by atoms with Gasteiger partial charge in [-0.25, -0.2) is 4.79 Å². The van der Waals surface area contributed by atoms with Crippen molar-refractivity contribution in [3.05, 3.63) is 29.3 Å². The molecule has 0 saturated carbocycles. The van der Waals surface area contributed by atoms with Crippen molar-refractivity contribution in [1.82, 2.24) is 0 Å². The van der Waals surface area contributed by atoms with E-state index in [0.29, 0.717) is 17.7 Å². The second-order valence-corrected chi connectivity index (χ2v) is 3.41. The summed E-state index contributed by atoms with van der Waals surface area (Å²) in [5, 5.41) is 8.95. The van der Waals surface area contributed by atoms with Crippen LogP contribution in [0.5, 0.6) is 5.75 Å². The van der Waals surface area contributed by atoms with E-state index in [4.69, 9.17) is 14.6 Å². The largest absolute Gasteiger partial charge is 0.496 e. The molecule has 0 bridgehead atoms. The van der Waals surface area contributed by atoms with Crippen LogP contribution >= 0.6 is 0 Å². The molecule has 0 aromatic heterocycles. The van der Waals surface area contributed by atoms with Gasteiger partial charge in [0.1, 0.15) is 17.4 Å². The smallest absolute Gasteiger partial charge is 0.342 e. The number of rotatable bonds is 2. The zero-order valence-electron chi connectivity index (χ0n) is 8.40. The van der Waals surface area contributed by atoms with E-state index in [9.17, 15) is 4.79 Å².